The molecule has 0 fully saturated rings. The van der Waals surface area contributed by atoms with E-state index in [4.69, 9.17) is 0 Å². The highest BCUT2D eigenvalue weighted by atomic mass is 19.1. The second-order valence-electron chi connectivity index (χ2n) is 4.77. The number of halogens is 1. The summed E-state index contributed by atoms with van der Waals surface area (Å²) in [7, 11) is 0. The van der Waals surface area contributed by atoms with Crippen LogP contribution in [-0.4, -0.2) is 0 Å². The van der Waals surface area contributed by atoms with Crippen LogP contribution in [0.15, 0.2) is 36.4 Å². The molecule has 0 unspecified atom stereocenters. The Balaban J connectivity index is 2.11. The van der Waals surface area contributed by atoms with Crippen LogP contribution < -0.4 is 5.32 Å². The summed E-state index contributed by atoms with van der Waals surface area (Å²) in [6.07, 6.45) is 0. The topological polar surface area (TPSA) is 12.0 Å². The van der Waals surface area contributed by atoms with Crippen molar-refractivity contribution >= 4 is 5.69 Å². The maximum Gasteiger partial charge on any atom is 0.146 e. The lowest BCUT2D eigenvalue weighted by Crippen LogP contribution is -2.03. The monoisotopic (exact) mass is 243 g/mol. The Kier molecular flexibility index (Phi) is 3.66. The number of rotatable bonds is 3. The van der Waals surface area contributed by atoms with Crippen LogP contribution in [0, 0.1) is 26.6 Å². The van der Waals surface area contributed by atoms with Crippen molar-refractivity contribution < 1.29 is 4.39 Å². The summed E-state index contributed by atoms with van der Waals surface area (Å²) in [5, 5.41) is 3.14. The maximum absolute atomic E-state index is 13.7. The lowest BCUT2D eigenvalue weighted by molar-refractivity contribution is 0.629. The molecule has 0 aliphatic heterocycles. The van der Waals surface area contributed by atoms with Gasteiger partial charge in [0.1, 0.15) is 5.82 Å². The van der Waals surface area contributed by atoms with E-state index in [0.717, 1.165) is 5.56 Å². The van der Waals surface area contributed by atoms with Gasteiger partial charge >= 0.3 is 0 Å². The van der Waals surface area contributed by atoms with E-state index in [1.54, 1.807) is 12.1 Å². The van der Waals surface area contributed by atoms with Gasteiger partial charge in [0, 0.05) is 6.54 Å². The van der Waals surface area contributed by atoms with Crippen LogP contribution in [0.3, 0.4) is 0 Å². The van der Waals surface area contributed by atoms with Gasteiger partial charge in [0.25, 0.3) is 0 Å². The minimum absolute atomic E-state index is 0.195. The lowest BCUT2D eigenvalue weighted by atomic mass is 10.1. The first-order chi connectivity index (χ1) is 8.56. The summed E-state index contributed by atoms with van der Waals surface area (Å²) in [6, 6.07) is 11.5. The Morgan fingerprint density at radius 1 is 0.944 bits per heavy atom. The molecule has 18 heavy (non-hydrogen) atoms. The Labute approximate surface area is 108 Å². The third-order valence-electron chi connectivity index (χ3n) is 3.09. The zero-order valence-electron chi connectivity index (χ0n) is 11.0. The van der Waals surface area contributed by atoms with Gasteiger partial charge in [0.15, 0.2) is 0 Å². The molecule has 0 amide bonds. The zero-order valence-corrected chi connectivity index (χ0v) is 11.0. The predicted octanol–water partition coefficient (Wildman–Crippen LogP) is 4.36. The Morgan fingerprint density at radius 3 is 2.28 bits per heavy atom. The van der Waals surface area contributed by atoms with Gasteiger partial charge in [0.05, 0.1) is 5.69 Å². The van der Waals surface area contributed by atoms with Gasteiger partial charge < -0.3 is 5.32 Å². The van der Waals surface area contributed by atoms with Gasteiger partial charge in [-0.2, -0.15) is 0 Å². The fourth-order valence-corrected chi connectivity index (χ4v) is 2.00. The Hall–Kier alpha value is -1.83. The number of benzene rings is 2. The Bertz CT molecular complexity index is 510. The largest absolute Gasteiger partial charge is 0.379 e. The number of hydrogen-bond donors (Lipinski definition) is 1. The van der Waals surface area contributed by atoms with Crippen molar-refractivity contribution in [3.63, 3.8) is 0 Å². The first kappa shape index (κ1) is 12.6. The van der Waals surface area contributed by atoms with Gasteiger partial charge in [-0.1, -0.05) is 29.8 Å². The van der Waals surface area contributed by atoms with Gasteiger partial charge in [0.2, 0.25) is 0 Å². The number of nitrogens with one attached hydrogen (secondary N) is 1. The fraction of sp³-hybridized carbons (Fsp3) is 0.250. The third-order valence-corrected chi connectivity index (χ3v) is 3.09. The second-order valence-corrected chi connectivity index (χ2v) is 4.77. The summed E-state index contributed by atoms with van der Waals surface area (Å²) >= 11 is 0. The van der Waals surface area contributed by atoms with Gasteiger partial charge in [-0.05, 0) is 49.6 Å². The molecule has 0 aliphatic rings. The molecule has 2 heteroatoms. The Morgan fingerprint density at radius 2 is 1.61 bits per heavy atom. The molecule has 0 radical (unpaired) electrons. The smallest absolute Gasteiger partial charge is 0.146 e. The van der Waals surface area contributed by atoms with Crippen LogP contribution in [0.25, 0.3) is 0 Å². The highest BCUT2D eigenvalue weighted by Crippen LogP contribution is 2.17. The average Bonchev–Trinajstić information content (AvgIpc) is 2.30. The number of anilines is 1. The van der Waals surface area contributed by atoms with E-state index in [1.165, 1.54) is 16.7 Å². The van der Waals surface area contributed by atoms with Crippen LogP contribution in [0.1, 0.15) is 22.3 Å². The van der Waals surface area contributed by atoms with E-state index in [0.29, 0.717) is 12.2 Å². The van der Waals surface area contributed by atoms with Gasteiger partial charge in [-0.3, -0.25) is 0 Å². The first-order valence-electron chi connectivity index (χ1n) is 6.12. The molecule has 0 aliphatic carbocycles. The molecule has 0 heterocycles. The maximum atomic E-state index is 13.7. The molecule has 1 nitrogen and oxygen atoms in total. The van der Waals surface area contributed by atoms with Crippen LogP contribution in [0.2, 0.25) is 0 Å². The van der Waals surface area contributed by atoms with Crippen molar-refractivity contribution in [1.29, 1.82) is 0 Å². The molecule has 0 spiro atoms. The fourth-order valence-electron chi connectivity index (χ4n) is 2.00. The highest BCUT2D eigenvalue weighted by molar-refractivity contribution is 5.47. The molecular formula is C16H18FN. The van der Waals surface area contributed by atoms with Crippen molar-refractivity contribution in [2.24, 2.45) is 0 Å². The third kappa shape index (κ3) is 2.89. The van der Waals surface area contributed by atoms with Crippen molar-refractivity contribution in [2.75, 3.05) is 5.32 Å². The van der Waals surface area contributed by atoms with Gasteiger partial charge in [-0.15, -0.1) is 0 Å². The second kappa shape index (κ2) is 5.21. The van der Waals surface area contributed by atoms with Crippen molar-refractivity contribution in [3.8, 4) is 0 Å². The molecule has 0 bridgehead atoms. The van der Waals surface area contributed by atoms with E-state index in [-0.39, 0.29) is 5.82 Å². The molecule has 2 aromatic carbocycles. The quantitative estimate of drug-likeness (QED) is 0.844. The van der Waals surface area contributed by atoms with E-state index in [2.05, 4.69) is 37.4 Å². The summed E-state index contributed by atoms with van der Waals surface area (Å²) in [5.74, 6) is -0.195. The summed E-state index contributed by atoms with van der Waals surface area (Å²) in [5.41, 5.74) is 5.17. The number of aryl methyl sites for hydroxylation is 3. The molecule has 0 atom stereocenters. The molecule has 0 saturated heterocycles. The molecular weight excluding hydrogens is 225 g/mol. The first-order valence-corrected chi connectivity index (χ1v) is 6.12. The van der Waals surface area contributed by atoms with Crippen LogP contribution in [0.5, 0.6) is 0 Å². The average molecular weight is 243 g/mol. The van der Waals surface area contributed by atoms with Gasteiger partial charge in [-0.25, -0.2) is 4.39 Å². The molecule has 2 aromatic rings. The summed E-state index contributed by atoms with van der Waals surface area (Å²) < 4.78 is 13.7. The molecule has 0 aromatic heterocycles. The summed E-state index contributed by atoms with van der Waals surface area (Å²) in [6.45, 7) is 6.68. The van der Waals surface area contributed by atoms with E-state index >= 15 is 0 Å². The summed E-state index contributed by atoms with van der Waals surface area (Å²) in [4.78, 5) is 0. The normalized spacial score (nSPS) is 10.4. The van der Waals surface area contributed by atoms with E-state index in [1.807, 2.05) is 13.0 Å². The highest BCUT2D eigenvalue weighted by Gasteiger charge is 2.03. The van der Waals surface area contributed by atoms with Crippen LogP contribution in [0.4, 0.5) is 10.1 Å². The lowest BCUT2D eigenvalue weighted by Gasteiger charge is -2.11. The van der Waals surface area contributed by atoms with Crippen molar-refractivity contribution in [3.05, 3.63) is 64.5 Å². The molecule has 0 saturated carbocycles. The minimum atomic E-state index is -0.195. The molecule has 2 rings (SSSR count). The molecule has 1 N–H and O–H groups in total. The SMILES string of the molecule is Cc1ccc(CNc2ccc(C)cc2F)c(C)c1. The zero-order chi connectivity index (χ0) is 13.1. The van der Waals surface area contributed by atoms with E-state index in [9.17, 15) is 4.39 Å². The van der Waals surface area contributed by atoms with E-state index < -0.39 is 0 Å². The van der Waals surface area contributed by atoms with Crippen molar-refractivity contribution in [1.82, 2.24) is 0 Å². The van der Waals surface area contributed by atoms with Crippen molar-refractivity contribution in [2.45, 2.75) is 27.3 Å². The number of hydrogen-bond acceptors (Lipinski definition) is 1. The van der Waals surface area contributed by atoms with Crippen LogP contribution in [-0.2, 0) is 6.54 Å². The predicted molar refractivity (Wildman–Crippen MR) is 74.4 cm³/mol. The minimum Gasteiger partial charge on any atom is -0.379 e. The standard InChI is InChI=1S/C16H18FN/c1-11-4-6-14(13(3)8-11)10-18-16-7-5-12(2)9-15(16)17/h4-9,18H,10H2,1-3H3. The molecule has 94 valence electrons. The van der Waals surface area contributed by atoms with Crippen LogP contribution >= 0.6 is 0 Å².